The maximum Gasteiger partial charge on any atom is 0.0931 e. The third-order valence-corrected chi connectivity index (χ3v) is 6.41. The highest BCUT2D eigenvalue weighted by molar-refractivity contribution is 7.16. The molecular formula is C15H24ClNS. The zero-order chi connectivity index (χ0) is 13.4. The van der Waals surface area contributed by atoms with E-state index < -0.39 is 0 Å². The summed E-state index contributed by atoms with van der Waals surface area (Å²) in [6.07, 6.45) is 5.93. The SMILES string of the molecule is CCC(C)(C)C1CCC(N)(c2ccc(Cl)s2)CC1. The first-order valence-electron chi connectivity index (χ1n) is 6.92. The zero-order valence-electron chi connectivity index (χ0n) is 11.6. The Labute approximate surface area is 120 Å². The van der Waals surface area contributed by atoms with Crippen molar-refractivity contribution in [2.24, 2.45) is 17.1 Å². The maximum absolute atomic E-state index is 6.59. The number of thiophene rings is 1. The lowest BCUT2D eigenvalue weighted by Crippen LogP contribution is -2.42. The third-order valence-electron chi connectivity index (χ3n) is 4.96. The Balaban J connectivity index is 2.06. The second kappa shape index (κ2) is 5.15. The van der Waals surface area contributed by atoms with E-state index in [1.807, 2.05) is 6.07 Å². The molecule has 2 rings (SSSR count). The summed E-state index contributed by atoms with van der Waals surface area (Å²) >= 11 is 7.68. The molecule has 0 radical (unpaired) electrons. The van der Waals surface area contributed by atoms with Crippen LogP contribution in [0.5, 0.6) is 0 Å². The van der Waals surface area contributed by atoms with Gasteiger partial charge in [-0.15, -0.1) is 11.3 Å². The van der Waals surface area contributed by atoms with Gasteiger partial charge in [-0.2, -0.15) is 0 Å². The Hall–Kier alpha value is -0.0500. The minimum absolute atomic E-state index is 0.127. The summed E-state index contributed by atoms with van der Waals surface area (Å²) in [5.41, 5.74) is 6.92. The molecule has 3 heteroatoms. The van der Waals surface area contributed by atoms with Crippen LogP contribution in [0.15, 0.2) is 12.1 Å². The van der Waals surface area contributed by atoms with E-state index in [-0.39, 0.29) is 5.54 Å². The fourth-order valence-corrected chi connectivity index (χ4v) is 4.23. The predicted octanol–water partition coefficient (Wildman–Crippen LogP) is 5.18. The van der Waals surface area contributed by atoms with E-state index in [9.17, 15) is 0 Å². The van der Waals surface area contributed by atoms with Gasteiger partial charge in [0.15, 0.2) is 0 Å². The Morgan fingerprint density at radius 3 is 2.44 bits per heavy atom. The first-order valence-corrected chi connectivity index (χ1v) is 8.11. The van der Waals surface area contributed by atoms with Crippen LogP contribution in [0.25, 0.3) is 0 Å². The molecule has 1 aromatic heterocycles. The lowest BCUT2D eigenvalue weighted by atomic mass is 9.65. The van der Waals surface area contributed by atoms with Crippen molar-refractivity contribution in [1.82, 2.24) is 0 Å². The molecule has 2 N–H and O–H groups in total. The molecule has 0 unspecified atom stereocenters. The van der Waals surface area contributed by atoms with E-state index in [0.29, 0.717) is 5.41 Å². The first kappa shape index (κ1) is 14.4. The van der Waals surface area contributed by atoms with Crippen LogP contribution in [0.2, 0.25) is 4.34 Å². The number of nitrogens with two attached hydrogens (primary N) is 1. The topological polar surface area (TPSA) is 26.0 Å². The zero-order valence-corrected chi connectivity index (χ0v) is 13.2. The molecule has 1 aromatic rings. The summed E-state index contributed by atoms with van der Waals surface area (Å²) in [7, 11) is 0. The van der Waals surface area contributed by atoms with Gasteiger partial charge in [0.05, 0.1) is 9.88 Å². The molecule has 18 heavy (non-hydrogen) atoms. The normalized spacial score (nSPS) is 29.5. The highest BCUT2D eigenvalue weighted by Gasteiger charge is 2.38. The van der Waals surface area contributed by atoms with Crippen molar-refractivity contribution in [2.75, 3.05) is 0 Å². The first-order chi connectivity index (χ1) is 8.37. The molecule has 0 spiro atoms. The van der Waals surface area contributed by atoms with Gasteiger partial charge >= 0.3 is 0 Å². The Bertz CT molecular complexity index is 402. The van der Waals surface area contributed by atoms with Crippen LogP contribution in [-0.2, 0) is 5.54 Å². The van der Waals surface area contributed by atoms with Gasteiger partial charge < -0.3 is 5.73 Å². The molecule has 102 valence electrons. The molecule has 1 saturated carbocycles. The van der Waals surface area contributed by atoms with E-state index in [1.165, 1.54) is 24.1 Å². The van der Waals surface area contributed by atoms with E-state index in [4.69, 9.17) is 17.3 Å². The summed E-state index contributed by atoms with van der Waals surface area (Å²) in [5.74, 6) is 0.814. The molecule has 0 aromatic carbocycles. The molecule has 1 aliphatic carbocycles. The van der Waals surface area contributed by atoms with Crippen molar-refractivity contribution < 1.29 is 0 Å². The molecular weight excluding hydrogens is 262 g/mol. The van der Waals surface area contributed by atoms with Gasteiger partial charge in [-0.05, 0) is 49.1 Å². The summed E-state index contributed by atoms with van der Waals surface area (Å²) in [6.45, 7) is 7.08. The molecule has 0 amide bonds. The van der Waals surface area contributed by atoms with Gasteiger partial charge in [0.1, 0.15) is 0 Å². The van der Waals surface area contributed by atoms with Gasteiger partial charge in [0.25, 0.3) is 0 Å². The standard InChI is InChI=1S/C15H24ClNS/c1-4-14(2,3)11-7-9-15(17,10-8-11)12-5-6-13(16)18-12/h5-6,11H,4,7-10,17H2,1-3H3. The van der Waals surface area contributed by atoms with Gasteiger partial charge in [-0.1, -0.05) is 38.8 Å². The van der Waals surface area contributed by atoms with Crippen LogP contribution in [-0.4, -0.2) is 0 Å². The predicted molar refractivity (Wildman–Crippen MR) is 81.2 cm³/mol. The molecule has 0 bridgehead atoms. The number of rotatable bonds is 3. The molecule has 0 saturated heterocycles. The lowest BCUT2D eigenvalue weighted by Gasteiger charge is -2.43. The van der Waals surface area contributed by atoms with Crippen molar-refractivity contribution >= 4 is 22.9 Å². The van der Waals surface area contributed by atoms with Crippen molar-refractivity contribution in [3.63, 3.8) is 0 Å². The monoisotopic (exact) mass is 285 g/mol. The van der Waals surface area contributed by atoms with Gasteiger partial charge in [-0.25, -0.2) is 0 Å². The Morgan fingerprint density at radius 1 is 1.39 bits per heavy atom. The molecule has 1 nitrogen and oxygen atoms in total. The average Bonchev–Trinajstić information content (AvgIpc) is 2.77. The van der Waals surface area contributed by atoms with E-state index in [2.05, 4.69) is 26.8 Å². The van der Waals surface area contributed by atoms with Crippen LogP contribution in [0.1, 0.15) is 57.8 Å². The average molecular weight is 286 g/mol. The quantitative estimate of drug-likeness (QED) is 0.813. The second-order valence-corrected chi connectivity index (χ2v) is 8.09. The van der Waals surface area contributed by atoms with E-state index in [0.717, 1.165) is 23.1 Å². The molecule has 1 heterocycles. The fraction of sp³-hybridized carbons (Fsp3) is 0.733. The van der Waals surface area contributed by atoms with Gasteiger partial charge in [0, 0.05) is 4.88 Å². The molecule has 1 fully saturated rings. The van der Waals surface area contributed by atoms with Crippen molar-refractivity contribution in [3.8, 4) is 0 Å². The number of hydrogen-bond acceptors (Lipinski definition) is 2. The number of hydrogen-bond donors (Lipinski definition) is 1. The third kappa shape index (κ3) is 2.76. The minimum atomic E-state index is -0.127. The molecule has 0 aliphatic heterocycles. The number of halogens is 1. The van der Waals surface area contributed by atoms with Crippen molar-refractivity contribution in [1.29, 1.82) is 0 Å². The smallest absolute Gasteiger partial charge is 0.0931 e. The largest absolute Gasteiger partial charge is 0.321 e. The maximum atomic E-state index is 6.59. The second-order valence-electron chi connectivity index (χ2n) is 6.38. The summed E-state index contributed by atoms with van der Waals surface area (Å²) in [6, 6.07) is 4.08. The van der Waals surface area contributed by atoms with E-state index in [1.54, 1.807) is 11.3 Å². The molecule has 0 atom stereocenters. The van der Waals surface area contributed by atoms with Gasteiger partial charge in [0.2, 0.25) is 0 Å². The van der Waals surface area contributed by atoms with Gasteiger partial charge in [-0.3, -0.25) is 0 Å². The van der Waals surface area contributed by atoms with Crippen LogP contribution in [0.4, 0.5) is 0 Å². The Morgan fingerprint density at radius 2 is 2.00 bits per heavy atom. The summed E-state index contributed by atoms with van der Waals surface area (Å²) < 4.78 is 0.853. The van der Waals surface area contributed by atoms with E-state index >= 15 is 0 Å². The summed E-state index contributed by atoms with van der Waals surface area (Å²) in [4.78, 5) is 1.26. The van der Waals surface area contributed by atoms with Crippen molar-refractivity contribution in [2.45, 2.75) is 58.4 Å². The highest BCUT2D eigenvalue weighted by atomic mass is 35.5. The van der Waals surface area contributed by atoms with Crippen LogP contribution in [0.3, 0.4) is 0 Å². The van der Waals surface area contributed by atoms with Crippen LogP contribution < -0.4 is 5.73 Å². The fourth-order valence-electron chi connectivity index (χ4n) is 3.03. The lowest BCUT2D eigenvalue weighted by molar-refractivity contribution is 0.116. The van der Waals surface area contributed by atoms with Crippen molar-refractivity contribution in [3.05, 3.63) is 21.3 Å². The summed E-state index contributed by atoms with van der Waals surface area (Å²) in [5, 5.41) is 0. The molecule has 1 aliphatic rings. The minimum Gasteiger partial charge on any atom is -0.321 e. The van der Waals surface area contributed by atoms with Crippen LogP contribution >= 0.6 is 22.9 Å². The Kier molecular flexibility index (Phi) is 4.10. The highest BCUT2D eigenvalue weighted by Crippen LogP contribution is 2.47. The van der Waals surface area contributed by atoms with Crippen LogP contribution in [0, 0.1) is 11.3 Å².